The number of hydrogen-bond donors (Lipinski definition) is 1. The number of methoxy groups -OCH3 is 1. The highest BCUT2D eigenvalue weighted by Gasteiger charge is 2.19. The Morgan fingerprint density at radius 3 is 2.29 bits per heavy atom. The van der Waals surface area contributed by atoms with Crippen molar-refractivity contribution in [3.8, 4) is 0 Å². The number of nitrogens with one attached hydrogen (secondary N) is 1. The second-order valence-corrected chi connectivity index (χ2v) is 7.56. The number of ether oxygens (including phenoxy) is 1. The van der Waals surface area contributed by atoms with E-state index in [-0.39, 0.29) is 4.90 Å². The molecular formula is C14H15NO4S2. The minimum Gasteiger partial charge on any atom is -0.465 e. The SMILES string of the molecule is COC(=O)c1ccc(NS(=O)(=O)c2cc(C)sc2C)cc1. The first kappa shape index (κ1) is 15.5. The minimum absolute atomic E-state index is 0.280. The van der Waals surface area contributed by atoms with Crippen molar-refractivity contribution < 1.29 is 17.9 Å². The van der Waals surface area contributed by atoms with Crippen LogP contribution < -0.4 is 4.72 Å². The monoisotopic (exact) mass is 325 g/mol. The van der Waals surface area contributed by atoms with Crippen LogP contribution in [0.3, 0.4) is 0 Å². The van der Waals surface area contributed by atoms with Crippen LogP contribution in [0.1, 0.15) is 20.1 Å². The number of sulfonamides is 1. The van der Waals surface area contributed by atoms with Crippen molar-refractivity contribution in [2.24, 2.45) is 0 Å². The van der Waals surface area contributed by atoms with Crippen molar-refractivity contribution in [3.63, 3.8) is 0 Å². The first-order valence-electron chi connectivity index (χ1n) is 6.12. The number of rotatable bonds is 4. The molecule has 2 aromatic rings. The lowest BCUT2D eigenvalue weighted by molar-refractivity contribution is 0.0601. The molecule has 0 saturated heterocycles. The van der Waals surface area contributed by atoms with E-state index in [1.807, 2.05) is 6.92 Å². The van der Waals surface area contributed by atoms with E-state index in [4.69, 9.17) is 0 Å². The molecule has 1 aromatic carbocycles. The van der Waals surface area contributed by atoms with Crippen LogP contribution >= 0.6 is 11.3 Å². The van der Waals surface area contributed by atoms with Crippen LogP contribution in [0.25, 0.3) is 0 Å². The molecule has 0 radical (unpaired) electrons. The lowest BCUT2D eigenvalue weighted by atomic mass is 10.2. The topological polar surface area (TPSA) is 72.5 Å². The Kier molecular flexibility index (Phi) is 4.34. The predicted molar refractivity (Wildman–Crippen MR) is 82.4 cm³/mol. The van der Waals surface area contributed by atoms with E-state index < -0.39 is 16.0 Å². The van der Waals surface area contributed by atoms with Crippen molar-refractivity contribution in [3.05, 3.63) is 45.6 Å². The fourth-order valence-corrected chi connectivity index (χ4v) is 4.49. The van der Waals surface area contributed by atoms with Gasteiger partial charge in [-0.3, -0.25) is 4.72 Å². The predicted octanol–water partition coefficient (Wildman–Crippen LogP) is 2.95. The molecule has 1 N–H and O–H groups in total. The molecule has 21 heavy (non-hydrogen) atoms. The Bertz CT molecular complexity index is 761. The average Bonchev–Trinajstić information content (AvgIpc) is 2.78. The Morgan fingerprint density at radius 2 is 1.81 bits per heavy atom. The molecule has 0 aliphatic rings. The maximum atomic E-state index is 12.3. The summed E-state index contributed by atoms with van der Waals surface area (Å²) < 4.78 is 31.7. The molecular weight excluding hydrogens is 310 g/mol. The standard InChI is InChI=1S/C14H15NO4S2/c1-9-8-13(10(2)20-9)21(17,18)15-12-6-4-11(5-7-12)14(16)19-3/h4-8,15H,1-3H3. The Labute approximate surface area is 127 Å². The molecule has 112 valence electrons. The van der Waals surface area contributed by atoms with Gasteiger partial charge in [-0.2, -0.15) is 0 Å². The summed E-state index contributed by atoms with van der Waals surface area (Å²) in [5, 5.41) is 0. The maximum absolute atomic E-state index is 12.3. The van der Waals surface area contributed by atoms with Crippen LogP contribution in [0.15, 0.2) is 35.2 Å². The fraction of sp³-hybridized carbons (Fsp3) is 0.214. The zero-order chi connectivity index (χ0) is 15.6. The number of carbonyl (C=O) groups excluding carboxylic acids is 1. The highest BCUT2D eigenvalue weighted by atomic mass is 32.2. The molecule has 5 nitrogen and oxygen atoms in total. The summed E-state index contributed by atoms with van der Waals surface area (Å²) in [5.74, 6) is -0.464. The normalized spacial score (nSPS) is 11.2. The van der Waals surface area contributed by atoms with Crippen LogP contribution in [0.5, 0.6) is 0 Å². The number of anilines is 1. The number of esters is 1. The average molecular weight is 325 g/mol. The summed E-state index contributed by atoms with van der Waals surface area (Å²) in [6, 6.07) is 7.71. The van der Waals surface area contributed by atoms with Gasteiger partial charge < -0.3 is 4.74 Å². The number of thiophene rings is 1. The molecule has 0 aliphatic carbocycles. The van der Waals surface area contributed by atoms with Crippen LogP contribution in [-0.4, -0.2) is 21.5 Å². The molecule has 0 fully saturated rings. The highest BCUT2D eigenvalue weighted by Crippen LogP contribution is 2.26. The smallest absolute Gasteiger partial charge is 0.337 e. The Morgan fingerprint density at radius 1 is 1.19 bits per heavy atom. The third-order valence-electron chi connectivity index (χ3n) is 2.84. The van der Waals surface area contributed by atoms with Gasteiger partial charge in [0.2, 0.25) is 0 Å². The first-order chi connectivity index (χ1) is 9.83. The van der Waals surface area contributed by atoms with Gasteiger partial charge in [-0.25, -0.2) is 13.2 Å². The van der Waals surface area contributed by atoms with Gasteiger partial charge in [0.25, 0.3) is 10.0 Å². The van der Waals surface area contributed by atoms with Gasteiger partial charge in [-0.15, -0.1) is 11.3 Å². The summed E-state index contributed by atoms with van der Waals surface area (Å²) in [6.45, 7) is 3.63. The van der Waals surface area contributed by atoms with Gasteiger partial charge >= 0.3 is 5.97 Å². The second kappa shape index (κ2) is 5.87. The number of carbonyl (C=O) groups is 1. The van der Waals surface area contributed by atoms with Crippen molar-refractivity contribution in [1.82, 2.24) is 0 Å². The summed E-state index contributed by atoms with van der Waals surface area (Å²) >= 11 is 1.44. The molecule has 0 atom stereocenters. The summed E-state index contributed by atoms with van der Waals surface area (Å²) in [5.41, 5.74) is 0.758. The summed E-state index contributed by atoms with van der Waals surface area (Å²) in [7, 11) is -2.33. The molecule has 0 bridgehead atoms. The molecule has 0 aliphatic heterocycles. The lowest BCUT2D eigenvalue weighted by Gasteiger charge is -2.08. The Balaban J connectivity index is 2.25. The first-order valence-corrected chi connectivity index (χ1v) is 8.41. The number of hydrogen-bond acceptors (Lipinski definition) is 5. The van der Waals surface area contributed by atoms with Gasteiger partial charge in [0.15, 0.2) is 0 Å². The maximum Gasteiger partial charge on any atom is 0.337 e. The summed E-state index contributed by atoms with van der Waals surface area (Å²) in [6.07, 6.45) is 0. The van der Waals surface area contributed by atoms with Crippen LogP contribution in [-0.2, 0) is 14.8 Å². The lowest BCUT2D eigenvalue weighted by Crippen LogP contribution is -2.13. The molecule has 2 rings (SSSR count). The van der Waals surface area contributed by atoms with E-state index in [9.17, 15) is 13.2 Å². The third-order valence-corrected chi connectivity index (χ3v) is 5.45. The van der Waals surface area contributed by atoms with E-state index in [1.165, 1.54) is 42.7 Å². The van der Waals surface area contributed by atoms with Crippen molar-refractivity contribution >= 4 is 33.0 Å². The zero-order valence-corrected chi connectivity index (χ0v) is 13.5. The number of aryl methyl sites for hydroxylation is 2. The number of benzene rings is 1. The van der Waals surface area contributed by atoms with E-state index >= 15 is 0 Å². The second-order valence-electron chi connectivity index (χ2n) is 4.45. The third kappa shape index (κ3) is 3.43. The fourth-order valence-electron chi connectivity index (χ4n) is 1.88. The van der Waals surface area contributed by atoms with Gasteiger partial charge in [-0.1, -0.05) is 0 Å². The van der Waals surface area contributed by atoms with E-state index in [0.717, 1.165) is 9.75 Å². The molecule has 0 spiro atoms. The van der Waals surface area contributed by atoms with E-state index in [2.05, 4.69) is 9.46 Å². The highest BCUT2D eigenvalue weighted by molar-refractivity contribution is 7.93. The van der Waals surface area contributed by atoms with Crippen molar-refractivity contribution in [2.45, 2.75) is 18.7 Å². The van der Waals surface area contributed by atoms with Gasteiger partial charge in [0.05, 0.1) is 12.7 Å². The van der Waals surface area contributed by atoms with Gasteiger partial charge in [-0.05, 0) is 44.2 Å². The van der Waals surface area contributed by atoms with Crippen LogP contribution in [0, 0.1) is 13.8 Å². The van der Waals surface area contributed by atoms with Crippen molar-refractivity contribution in [2.75, 3.05) is 11.8 Å². The van der Waals surface area contributed by atoms with Crippen LogP contribution in [0.4, 0.5) is 5.69 Å². The van der Waals surface area contributed by atoms with E-state index in [0.29, 0.717) is 11.3 Å². The largest absolute Gasteiger partial charge is 0.465 e. The zero-order valence-electron chi connectivity index (χ0n) is 11.8. The van der Waals surface area contributed by atoms with Crippen molar-refractivity contribution in [1.29, 1.82) is 0 Å². The quantitative estimate of drug-likeness (QED) is 0.877. The molecule has 0 unspecified atom stereocenters. The summed E-state index contributed by atoms with van der Waals surface area (Å²) in [4.78, 5) is 13.3. The van der Waals surface area contributed by atoms with Gasteiger partial charge in [0.1, 0.15) is 4.90 Å². The molecule has 7 heteroatoms. The van der Waals surface area contributed by atoms with Gasteiger partial charge in [0, 0.05) is 15.4 Å². The van der Waals surface area contributed by atoms with Crippen LogP contribution in [0.2, 0.25) is 0 Å². The van der Waals surface area contributed by atoms with E-state index in [1.54, 1.807) is 13.0 Å². The molecule has 1 heterocycles. The Hall–Kier alpha value is -1.86. The molecule has 0 saturated carbocycles. The molecule has 0 amide bonds. The minimum atomic E-state index is -3.62. The molecule has 1 aromatic heterocycles.